The zero-order chi connectivity index (χ0) is 13.1. The summed E-state index contributed by atoms with van der Waals surface area (Å²) in [7, 11) is 0. The molecule has 5 heteroatoms. The summed E-state index contributed by atoms with van der Waals surface area (Å²) in [6.07, 6.45) is 0.651. The number of halogens is 1. The predicted octanol–water partition coefficient (Wildman–Crippen LogP) is 3.12. The number of aliphatic hydroxyl groups is 1. The van der Waals surface area contributed by atoms with Crippen molar-refractivity contribution >= 4 is 15.9 Å². The number of aromatic nitrogens is 2. The summed E-state index contributed by atoms with van der Waals surface area (Å²) in [5, 5.41) is 13.5. The van der Waals surface area contributed by atoms with Crippen LogP contribution in [0.1, 0.15) is 24.8 Å². The van der Waals surface area contributed by atoms with E-state index in [1.165, 1.54) is 0 Å². The van der Waals surface area contributed by atoms with Gasteiger partial charge in [0.2, 0.25) is 11.7 Å². The van der Waals surface area contributed by atoms with Crippen molar-refractivity contribution in [3.8, 4) is 11.4 Å². The molecule has 0 bridgehead atoms. The highest BCUT2D eigenvalue weighted by molar-refractivity contribution is 9.10. The number of benzene rings is 1. The second-order valence-corrected chi connectivity index (χ2v) is 5.15. The molecule has 1 N–H and O–H groups in total. The van der Waals surface area contributed by atoms with Crippen LogP contribution in [0.3, 0.4) is 0 Å². The Hall–Kier alpha value is -1.20. The Morgan fingerprint density at radius 2 is 2.22 bits per heavy atom. The van der Waals surface area contributed by atoms with Gasteiger partial charge in [0.1, 0.15) is 0 Å². The fourth-order valence-electron chi connectivity index (χ4n) is 1.67. The molecular formula is C13H15BrN2O2. The summed E-state index contributed by atoms with van der Waals surface area (Å²) >= 11 is 3.42. The Bertz CT molecular complexity index is 540. The van der Waals surface area contributed by atoms with E-state index in [0.717, 1.165) is 15.6 Å². The summed E-state index contributed by atoms with van der Waals surface area (Å²) < 4.78 is 6.17. The van der Waals surface area contributed by atoms with Crippen LogP contribution in [0.4, 0.5) is 0 Å². The Labute approximate surface area is 114 Å². The minimum Gasteiger partial charge on any atom is -0.393 e. The highest BCUT2D eigenvalue weighted by Crippen LogP contribution is 2.24. The first kappa shape index (κ1) is 13.2. The summed E-state index contributed by atoms with van der Waals surface area (Å²) in [4.78, 5) is 4.31. The first-order valence-electron chi connectivity index (χ1n) is 5.87. The van der Waals surface area contributed by atoms with E-state index in [9.17, 15) is 5.11 Å². The van der Waals surface area contributed by atoms with Gasteiger partial charge in [-0.15, -0.1) is 0 Å². The van der Waals surface area contributed by atoms with Gasteiger partial charge >= 0.3 is 0 Å². The molecule has 2 aromatic rings. The monoisotopic (exact) mass is 310 g/mol. The van der Waals surface area contributed by atoms with Crippen LogP contribution in [0.15, 0.2) is 27.2 Å². The summed E-state index contributed by atoms with van der Waals surface area (Å²) in [6.45, 7) is 3.91. The van der Waals surface area contributed by atoms with Crippen molar-refractivity contribution in [3.05, 3.63) is 34.1 Å². The SMILES string of the molecule is CCC(O)Cc1nc(-c2ccc(Br)cc2C)no1. The van der Waals surface area contributed by atoms with E-state index in [1.54, 1.807) is 0 Å². The molecule has 96 valence electrons. The summed E-state index contributed by atoms with van der Waals surface area (Å²) in [6, 6.07) is 5.90. The van der Waals surface area contributed by atoms with Gasteiger partial charge in [-0.3, -0.25) is 0 Å². The lowest BCUT2D eigenvalue weighted by molar-refractivity contribution is 0.158. The van der Waals surface area contributed by atoms with Crippen LogP contribution in [0.2, 0.25) is 0 Å². The van der Waals surface area contributed by atoms with Crippen LogP contribution in [-0.4, -0.2) is 21.4 Å². The van der Waals surface area contributed by atoms with Crippen LogP contribution < -0.4 is 0 Å². The van der Waals surface area contributed by atoms with Gasteiger partial charge in [-0.1, -0.05) is 28.0 Å². The van der Waals surface area contributed by atoms with Crippen molar-refractivity contribution < 1.29 is 9.63 Å². The molecule has 1 unspecified atom stereocenters. The first-order chi connectivity index (χ1) is 8.60. The third-order valence-electron chi connectivity index (χ3n) is 2.78. The maximum absolute atomic E-state index is 9.55. The van der Waals surface area contributed by atoms with Crippen molar-refractivity contribution in [2.24, 2.45) is 0 Å². The van der Waals surface area contributed by atoms with Crippen LogP contribution >= 0.6 is 15.9 Å². The number of hydrogen-bond acceptors (Lipinski definition) is 4. The van der Waals surface area contributed by atoms with Gasteiger partial charge in [-0.05, 0) is 37.1 Å². The molecule has 18 heavy (non-hydrogen) atoms. The molecule has 2 rings (SSSR count). The quantitative estimate of drug-likeness (QED) is 0.942. The zero-order valence-electron chi connectivity index (χ0n) is 10.4. The van der Waals surface area contributed by atoms with Gasteiger partial charge < -0.3 is 9.63 Å². The molecule has 0 radical (unpaired) electrons. The zero-order valence-corrected chi connectivity index (χ0v) is 11.9. The molecule has 1 atom stereocenters. The van der Waals surface area contributed by atoms with Gasteiger partial charge in [-0.25, -0.2) is 0 Å². The molecule has 0 aliphatic carbocycles. The molecule has 1 aromatic heterocycles. The maximum atomic E-state index is 9.55. The van der Waals surface area contributed by atoms with Crippen LogP contribution in [-0.2, 0) is 6.42 Å². The number of aliphatic hydroxyl groups excluding tert-OH is 1. The molecule has 0 spiro atoms. The summed E-state index contributed by atoms with van der Waals surface area (Å²) in [5.74, 6) is 1.04. The third-order valence-corrected chi connectivity index (χ3v) is 3.27. The van der Waals surface area contributed by atoms with Crippen molar-refractivity contribution in [2.75, 3.05) is 0 Å². The number of rotatable bonds is 4. The average Bonchev–Trinajstić information content (AvgIpc) is 2.77. The van der Waals surface area contributed by atoms with E-state index in [1.807, 2.05) is 32.0 Å². The van der Waals surface area contributed by atoms with Gasteiger partial charge in [0.05, 0.1) is 12.5 Å². The van der Waals surface area contributed by atoms with E-state index in [-0.39, 0.29) is 0 Å². The normalized spacial score (nSPS) is 12.7. The lowest BCUT2D eigenvalue weighted by atomic mass is 10.1. The molecule has 0 saturated heterocycles. The van der Waals surface area contributed by atoms with E-state index < -0.39 is 6.10 Å². The molecule has 1 heterocycles. The first-order valence-corrected chi connectivity index (χ1v) is 6.66. The number of nitrogens with zero attached hydrogens (tertiary/aromatic N) is 2. The predicted molar refractivity (Wildman–Crippen MR) is 72.2 cm³/mol. The Morgan fingerprint density at radius 3 is 2.89 bits per heavy atom. The fourth-order valence-corrected chi connectivity index (χ4v) is 2.15. The van der Waals surface area contributed by atoms with E-state index >= 15 is 0 Å². The average molecular weight is 311 g/mol. The largest absolute Gasteiger partial charge is 0.393 e. The van der Waals surface area contributed by atoms with Crippen molar-refractivity contribution in [1.82, 2.24) is 10.1 Å². The van der Waals surface area contributed by atoms with Gasteiger partial charge in [0, 0.05) is 10.0 Å². The molecule has 0 fully saturated rings. The molecule has 0 aliphatic rings. The van der Waals surface area contributed by atoms with Gasteiger partial charge in [-0.2, -0.15) is 4.98 Å². The van der Waals surface area contributed by atoms with Crippen molar-refractivity contribution in [1.29, 1.82) is 0 Å². The van der Waals surface area contributed by atoms with Crippen LogP contribution in [0.25, 0.3) is 11.4 Å². The maximum Gasteiger partial charge on any atom is 0.229 e. The molecule has 0 saturated carbocycles. The van der Waals surface area contributed by atoms with Crippen LogP contribution in [0.5, 0.6) is 0 Å². The molecule has 0 amide bonds. The van der Waals surface area contributed by atoms with E-state index in [4.69, 9.17) is 4.52 Å². The molecule has 4 nitrogen and oxygen atoms in total. The fraction of sp³-hybridized carbons (Fsp3) is 0.385. The minimum atomic E-state index is -0.427. The Balaban J connectivity index is 2.24. The lowest BCUT2D eigenvalue weighted by Crippen LogP contribution is -2.08. The highest BCUT2D eigenvalue weighted by Gasteiger charge is 2.13. The van der Waals surface area contributed by atoms with Crippen molar-refractivity contribution in [3.63, 3.8) is 0 Å². The number of hydrogen-bond donors (Lipinski definition) is 1. The number of aryl methyl sites for hydroxylation is 1. The van der Waals surface area contributed by atoms with E-state index in [2.05, 4.69) is 26.1 Å². The molecule has 1 aromatic carbocycles. The van der Waals surface area contributed by atoms with Gasteiger partial charge in [0.25, 0.3) is 0 Å². The van der Waals surface area contributed by atoms with Gasteiger partial charge in [0.15, 0.2) is 0 Å². The highest BCUT2D eigenvalue weighted by atomic mass is 79.9. The standard InChI is InChI=1S/C13H15BrN2O2/c1-3-10(17)7-12-15-13(16-18-12)11-5-4-9(14)6-8(11)2/h4-6,10,17H,3,7H2,1-2H3. The smallest absolute Gasteiger partial charge is 0.229 e. The lowest BCUT2D eigenvalue weighted by Gasteiger charge is -2.02. The third kappa shape index (κ3) is 2.97. The van der Waals surface area contributed by atoms with Crippen LogP contribution in [0, 0.1) is 6.92 Å². The molecular weight excluding hydrogens is 296 g/mol. The second kappa shape index (κ2) is 5.63. The Morgan fingerprint density at radius 1 is 1.44 bits per heavy atom. The minimum absolute atomic E-state index is 0.402. The Kier molecular flexibility index (Phi) is 4.14. The van der Waals surface area contributed by atoms with Crippen molar-refractivity contribution in [2.45, 2.75) is 32.8 Å². The summed E-state index contributed by atoms with van der Waals surface area (Å²) in [5.41, 5.74) is 2.02. The molecule has 0 aliphatic heterocycles. The van der Waals surface area contributed by atoms with E-state index in [0.29, 0.717) is 24.6 Å². The second-order valence-electron chi connectivity index (χ2n) is 4.24. The topological polar surface area (TPSA) is 59.2 Å².